The molecule has 0 aliphatic heterocycles. The van der Waals surface area contributed by atoms with Crippen LogP contribution in [0.25, 0.3) is 10.9 Å². The van der Waals surface area contributed by atoms with Crippen LogP contribution in [0.5, 0.6) is 0 Å². The van der Waals surface area contributed by atoms with Crippen LogP contribution in [0.1, 0.15) is 32.3 Å². The number of carbonyl (C=O) groups is 3. The lowest BCUT2D eigenvalue weighted by molar-refractivity contribution is -0.136. The lowest BCUT2D eigenvalue weighted by Crippen LogP contribution is -2.50. The van der Waals surface area contributed by atoms with Crippen LogP contribution in [-0.4, -0.2) is 52.2 Å². The molecule has 2 aromatic rings. The number of hydroxylamine groups is 1. The number of benzene rings is 1. The number of aliphatic hydroxyl groups excluding tert-OH is 1. The van der Waals surface area contributed by atoms with Crippen LogP contribution in [0, 0.1) is 11.8 Å². The van der Waals surface area contributed by atoms with Crippen LogP contribution in [-0.2, 0) is 20.8 Å². The number of carbonyl (C=O) groups excluding carboxylic acids is 3. The third kappa shape index (κ3) is 6.57. The van der Waals surface area contributed by atoms with Gasteiger partial charge in [-0.05, 0) is 24.0 Å². The van der Waals surface area contributed by atoms with Crippen LogP contribution in [0.3, 0.4) is 0 Å². The maximum absolute atomic E-state index is 12.9. The smallest absolute Gasteiger partial charge is 0.244 e. The maximum atomic E-state index is 12.9. The number of aromatic amines is 1. The van der Waals surface area contributed by atoms with Gasteiger partial charge in [0.05, 0.1) is 6.61 Å². The predicted molar refractivity (Wildman–Crippen MR) is 112 cm³/mol. The van der Waals surface area contributed by atoms with Crippen LogP contribution in [0.15, 0.2) is 30.5 Å². The van der Waals surface area contributed by atoms with Gasteiger partial charge in [0.2, 0.25) is 17.7 Å². The van der Waals surface area contributed by atoms with Gasteiger partial charge in [-0.2, -0.15) is 0 Å². The van der Waals surface area contributed by atoms with E-state index in [1.165, 1.54) is 0 Å². The Kier molecular flexibility index (Phi) is 8.82. The zero-order valence-electron chi connectivity index (χ0n) is 17.3. The fourth-order valence-electron chi connectivity index (χ4n) is 3.44. The quantitative estimate of drug-likeness (QED) is 0.237. The summed E-state index contributed by atoms with van der Waals surface area (Å²) in [6.45, 7) is 3.70. The predicted octanol–water partition coefficient (Wildman–Crippen LogP) is 0.862. The fraction of sp³-hybridized carbons (Fsp3) is 0.476. The monoisotopic (exact) mass is 418 g/mol. The SMILES string of the molecule is CC(C)C[C@H](CC(=O)NO)C(=O)N[C@@H](Cc1c[nH]c2ccccc12)C(=O)NCCO. The normalized spacial score (nSPS) is 13.1. The number of hydrogen-bond acceptors (Lipinski definition) is 5. The van der Waals surface area contributed by atoms with Gasteiger partial charge in [-0.1, -0.05) is 32.0 Å². The molecule has 30 heavy (non-hydrogen) atoms. The highest BCUT2D eigenvalue weighted by molar-refractivity contribution is 5.91. The molecule has 0 saturated carbocycles. The van der Waals surface area contributed by atoms with E-state index in [0.29, 0.717) is 6.42 Å². The molecule has 0 aliphatic carbocycles. The van der Waals surface area contributed by atoms with Gasteiger partial charge >= 0.3 is 0 Å². The minimum absolute atomic E-state index is 0.0709. The number of nitrogens with one attached hydrogen (secondary N) is 4. The molecule has 0 bridgehead atoms. The standard InChI is InChI=1S/C21H30N4O5/c1-13(2)9-14(11-19(27)25-30)20(28)24-18(21(29)22-7-8-26)10-15-12-23-17-6-4-3-5-16(15)17/h3-6,12-14,18,23,26,30H,7-11H2,1-2H3,(H,22,29)(H,24,28)(H,25,27)/t14-,18+/m1/s1. The van der Waals surface area contributed by atoms with Gasteiger partial charge in [0.15, 0.2) is 0 Å². The Morgan fingerprint density at radius 2 is 1.87 bits per heavy atom. The third-order valence-corrected chi connectivity index (χ3v) is 4.83. The molecule has 1 aromatic carbocycles. The van der Waals surface area contributed by atoms with Gasteiger partial charge in [0.1, 0.15) is 6.04 Å². The minimum Gasteiger partial charge on any atom is -0.395 e. The van der Waals surface area contributed by atoms with Crippen molar-refractivity contribution >= 4 is 28.6 Å². The summed E-state index contributed by atoms with van der Waals surface area (Å²) < 4.78 is 0. The third-order valence-electron chi connectivity index (χ3n) is 4.83. The van der Waals surface area contributed by atoms with Gasteiger partial charge in [0, 0.05) is 42.4 Å². The Bertz CT molecular complexity index is 864. The van der Waals surface area contributed by atoms with E-state index in [1.54, 1.807) is 11.7 Å². The Morgan fingerprint density at radius 3 is 2.53 bits per heavy atom. The van der Waals surface area contributed by atoms with Crippen LogP contribution in [0.2, 0.25) is 0 Å². The highest BCUT2D eigenvalue weighted by Crippen LogP contribution is 2.20. The van der Waals surface area contributed by atoms with Crippen LogP contribution < -0.4 is 16.1 Å². The van der Waals surface area contributed by atoms with Gasteiger partial charge in [-0.25, -0.2) is 5.48 Å². The van der Waals surface area contributed by atoms with Crippen LogP contribution in [0.4, 0.5) is 0 Å². The largest absolute Gasteiger partial charge is 0.395 e. The van der Waals surface area contributed by atoms with E-state index in [9.17, 15) is 14.4 Å². The Hall–Kier alpha value is -2.91. The lowest BCUT2D eigenvalue weighted by atomic mass is 9.92. The maximum Gasteiger partial charge on any atom is 0.244 e. The fourth-order valence-corrected chi connectivity index (χ4v) is 3.44. The van der Waals surface area contributed by atoms with Crippen molar-refractivity contribution < 1.29 is 24.7 Å². The molecule has 3 amide bonds. The molecule has 0 fully saturated rings. The van der Waals surface area contributed by atoms with Crippen LogP contribution >= 0.6 is 0 Å². The van der Waals surface area contributed by atoms with Gasteiger partial charge in [-0.3, -0.25) is 19.6 Å². The number of rotatable bonds is 11. The van der Waals surface area contributed by atoms with Crippen molar-refractivity contribution in [1.82, 2.24) is 21.1 Å². The summed E-state index contributed by atoms with van der Waals surface area (Å²) in [5, 5.41) is 24.1. The lowest BCUT2D eigenvalue weighted by Gasteiger charge is -2.23. The number of H-pyrrole nitrogens is 1. The van der Waals surface area contributed by atoms with E-state index in [1.807, 2.05) is 38.1 Å². The molecule has 0 spiro atoms. The molecule has 0 radical (unpaired) electrons. The number of aliphatic hydroxyl groups is 1. The number of hydrogen-bond donors (Lipinski definition) is 6. The first-order valence-electron chi connectivity index (χ1n) is 10.0. The highest BCUT2D eigenvalue weighted by Gasteiger charge is 2.28. The van der Waals surface area contributed by atoms with Gasteiger partial charge in [-0.15, -0.1) is 0 Å². The summed E-state index contributed by atoms with van der Waals surface area (Å²) in [7, 11) is 0. The molecule has 1 aromatic heterocycles. The van der Waals surface area contributed by atoms with Gasteiger partial charge in [0.25, 0.3) is 0 Å². The van der Waals surface area contributed by atoms with Crippen molar-refractivity contribution in [3.8, 4) is 0 Å². The minimum atomic E-state index is -0.880. The van der Waals surface area contributed by atoms with Crippen molar-refractivity contribution in [1.29, 1.82) is 0 Å². The average molecular weight is 418 g/mol. The molecule has 0 aliphatic rings. The second-order valence-corrected chi connectivity index (χ2v) is 7.71. The molecule has 164 valence electrons. The summed E-state index contributed by atoms with van der Waals surface area (Å²) in [6, 6.07) is 6.77. The Balaban J connectivity index is 2.21. The van der Waals surface area contributed by atoms with Crippen molar-refractivity contribution in [3.05, 3.63) is 36.0 Å². The van der Waals surface area contributed by atoms with Crippen molar-refractivity contribution in [2.24, 2.45) is 11.8 Å². The second-order valence-electron chi connectivity index (χ2n) is 7.71. The zero-order valence-corrected chi connectivity index (χ0v) is 17.3. The molecule has 0 unspecified atom stereocenters. The topological polar surface area (TPSA) is 144 Å². The molecular weight excluding hydrogens is 388 g/mol. The first kappa shape index (κ1) is 23.4. The van der Waals surface area contributed by atoms with E-state index >= 15 is 0 Å². The first-order valence-corrected chi connectivity index (χ1v) is 10.0. The van der Waals surface area contributed by atoms with E-state index in [2.05, 4.69) is 15.6 Å². The molecule has 2 atom stereocenters. The number of amides is 3. The summed E-state index contributed by atoms with van der Waals surface area (Å²) >= 11 is 0. The van der Waals surface area contributed by atoms with Gasteiger partial charge < -0.3 is 20.7 Å². The molecule has 9 heteroatoms. The van der Waals surface area contributed by atoms with Crippen molar-refractivity contribution in [3.63, 3.8) is 0 Å². The van der Waals surface area contributed by atoms with E-state index in [-0.39, 0.29) is 31.9 Å². The Morgan fingerprint density at radius 1 is 1.13 bits per heavy atom. The summed E-state index contributed by atoms with van der Waals surface area (Å²) in [6.07, 6.45) is 2.29. The number of aromatic nitrogens is 1. The van der Waals surface area contributed by atoms with E-state index in [0.717, 1.165) is 16.5 Å². The second kappa shape index (κ2) is 11.3. The van der Waals surface area contributed by atoms with Crippen molar-refractivity contribution in [2.75, 3.05) is 13.2 Å². The number of fused-ring (bicyclic) bond motifs is 1. The van der Waals surface area contributed by atoms with E-state index < -0.39 is 29.7 Å². The summed E-state index contributed by atoms with van der Waals surface area (Å²) in [5.74, 6) is -2.06. The molecule has 2 rings (SSSR count). The summed E-state index contributed by atoms with van der Waals surface area (Å²) in [5.41, 5.74) is 3.34. The highest BCUT2D eigenvalue weighted by atomic mass is 16.5. The molecule has 1 heterocycles. The molecule has 6 N–H and O–H groups in total. The molecule has 9 nitrogen and oxygen atoms in total. The summed E-state index contributed by atoms with van der Waals surface area (Å²) in [4.78, 5) is 40.3. The van der Waals surface area contributed by atoms with E-state index in [4.69, 9.17) is 10.3 Å². The molecular formula is C21H30N4O5. The Labute approximate surface area is 175 Å². The molecule has 0 saturated heterocycles. The first-order chi connectivity index (χ1) is 14.3. The zero-order chi connectivity index (χ0) is 22.1. The van der Waals surface area contributed by atoms with Crippen molar-refractivity contribution in [2.45, 2.75) is 39.2 Å². The average Bonchev–Trinajstić information content (AvgIpc) is 3.13. The number of para-hydroxylation sites is 1.